The van der Waals surface area contributed by atoms with Crippen molar-refractivity contribution in [2.75, 3.05) is 51.7 Å². The molecule has 5 aliphatic rings. The van der Waals surface area contributed by atoms with Crippen molar-refractivity contribution in [3.05, 3.63) is 42.0 Å². The summed E-state index contributed by atoms with van der Waals surface area (Å²) < 4.78 is 77.2. The van der Waals surface area contributed by atoms with Gasteiger partial charge in [-0.2, -0.15) is 9.97 Å². The van der Waals surface area contributed by atoms with Gasteiger partial charge in [0.2, 0.25) is 5.88 Å². The zero-order valence-corrected chi connectivity index (χ0v) is 30.7. The summed E-state index contributed by atoms with van der Waals surface area (Å²) in [5.74, 6) is -0.626. The van der Waals surface area contributed by atoms with Crippen LogP contribution in [0.3, 0.4) is 0 Å². The summed E-state index contributed by atoms with van der Waals surface area (Å²) in [5.41, 5.74) is -1.35. The van der Waals surface area contributed by atoms with Crippen molar-refractivity contribution in [1.29, 1.82) is 0 Å². The molecule has 5 aliphatic heterocycles. The topological polar surface area (TPSA) is 112 Å². The number of aromatic nitrogens is 3. The maximum absolute atomic E-state index is 17.4. The summed E-state index contributed by atoms with van der Waals surface area (Å²) in [7, 11) is 1.48. The first kappa shape index (κ1) is 35.1. The van der Waals surface area contributed by atoms with Crippen LogP contribution in [0, 0.1) is 11.6 Å². The highest BCUT2D eigenvalue weighted by atomic mass is 19.1. The molecule has 0 unspecified atom stereocenters. The third kappa shape index (κ3) is 5.81. The summed E-state index contributed by atoms with van der Waals surface area (Å²) in [5, 5.41) is 0.862. The molecule has 15 heteroatoms. The second-order valence-electron chi connectivity index (χ2n) is 16.1. The van der Waals surface area contributed by atoms with Gasteiger partial charge < -0.3 is 28.6 Å². The summed E-state index contributed by atoms with van der Waals surface area (Å²) in [4.78, 5) is 33.8. The lowest BCUT2D eigenvalue weighted by molar-refractivity contribution is 0.00537. The minimum atomic E-state index is -0.960. The summed E-state index contributed by atoms with van der Waals surface area (Å²) >= 11 is 0. The fourth-order valence-electron chi connectivity index (χ4n) is 9.31. The second-order valence-corrected chi connectivity index (χ2v) is 16.1. The zero-order valence-electron chi connectivity index (χ0n) is 30.7. The van der Waals surface area contributed by atoms with Gasteiger partial charge in [-0.1, -0.05) is 12.1 Å². The molecule has 0 saturated carbocycles. The molecule has 2 aromatic heterocycles. The summed E-state index contributed by atoms with van der Waals surface area (Å²) in [6.45, 7) is 7.17. The van der Waals surface area contributed by atoms with Gasteiger partial charge in [-0.05, 0) is 76.6 Å². The highest BCUT2D eigenvalue weighted by molar-refractivity contribution is 6.02. The van der Waals surface area contributed by atoms with E-state index in [4.69, 9.17) is 33.7 Å². The average molecular weight is 749 g/mol. The molecule has 0 aliphatic carbocycles. The largest absolute Gasteiger partial charge is 0.475 e. The van der Waals surface area contributed by atoms with Crippen molar-refractivity contribution in [2.45, 2.75) is 88.3 Å². The molecular weight excluding hydrogens is 705 g/mol. The number of piperazine rings is 1. The number of hydrogen-bond acceptors (Lipinski definition) is 11. The molecule has 0 N–H and O–H groups in total. The van der Waals surface area contributed by atoms with Gasteiger partial charge in [0.1, 0.15) is 59.0 Å². The van der Waals surface area contributed by atoms with E-state index in [0.717, 1.165) is 25.8 Å². The Morgan fingerprint density at radius 1 is 1.06 bits per heavy atom. The maximum Gasteiger partial charge on any atom is 0.410 e. The highest BCUT2D eigenvalue weighted by Crippen LogP contribution is 2.47. The number of benzene rings is 2. The predicted molar refractivity (Wildman–Crippen MR) is 193 cm³/mol. The van der Waals surface area contributed by atoms with Crippen molar-refractivity contribution >= 4 is 33.6 Å². The summed E-state index contributed by atoms with van der Waals surface area (Å²) in [6, 6.07) is 6.81. The molecule has 54 heavy (non-hydrogen) atoms. The number of halogens is 3. The zero-order chi connectivity index (χ0) is 37.5. The number of amides is 1. The number of fused-ring (bicyclic) bond motifs is 7. The molecule has 4 saturated heterocycles. The van der Waals surface area contributed by atoms with Gasteiger partial charge in [-0.25, -0.2) is 22.9 Å². The Balaban J connectivity index is 1.19. The molecule has 9 rings (SSSR count). The number of anilines is 1. The van der Waals surface area contributed by atoms with Gasteiger partial charge in [0.05, 0.1) is 23.7 Å². The van der Waals surface area contributed by atoms with Crippen molar-refractivity contribution in [1.82, 2.24) is 24.8 Å². The number of hydrogen-bond donors (Lipinski definition) is 0. The Hall–Kier alpha value is -4.63. The third-order valence-electron chi connectivity index (χ3n) is 11.5. The van der Waals surface area contributed by atoms with Crippen LogP contribution in [0.5, 0.6) is 17.6 Å². The molecule has 286 valence electrons. The van der Waals surface area contributed by atoms with Gasteiger partial charge in [0.15, 0.2) is 12.6 Å². The van der Waals surface area contributed by atoms with Crippen LogP contribution in [0.4, 0.5) is 23.8 Å². The number of carbonyl (C=O) groups excluding carboxylic acids is 1. The van der Waals surface area contributed by atoms with Gasteiger partial charge >= 0.3 is 12.1 Å². The Labute approximate surface area is 310 Å². The Bertz CT molecular complexity index is 2150. The van der Waals surface area contributed by atoms with Crippen molar-refractivity contribution in [2.24, 2.45) is 0 Å². The Kier molecular flexibility index (Phi) is 8.45. The van der Waals surface area contributed by atoms with Crippen LogP contribution in [-0.2, 0) is 9.47 Å². The maximum atomic E-state index is 17.4. The number of ether oxygens (including phenoxy) is 5. The van der Waals surface area contributed by atoms with E-state index in [2.05, 4.69) is 14.8 Å². The standard InChI is InChI=1S/C39H43F3N6O6/c1-38(2,3)54-37(49)48-23-9-10-27(48)28-18-51-35-30-33(31(42)32(43-35)25-14-24(53-20-50-4)13-21-7-5-8-26(41)29(21)25)44-36(45-34(30)47(28)17-23)52-19-39-11-6-12-46(39)16-22(40)15-39/h5,7-8,13-14,22-23,27-28H,6,9-12,15-20H2,1-4H3/t22-,23+,27-,28-,39+/m0/s1. The van der Waals surface area contributed by atoms with E-state index < -0.39 is 41.1 Å². The normalized spacial score (nSPS) is 26.1. The first-order valence-corrected chi connectivity index (χ1v) is 18.6. The molecule has 5 atom stereocenters. The molecule has 4 aromatic rings. The minimum Gasteiger partial charge on any atom is -0.475 e. The van der Waals surface area contributed by atoms with Crippen molar-refractivity contribution in [3.63, 3.8) is 0 Å². The molecule has 1 amide bonds. The van der Waals surface area contributed by atoms with E-state index in [9.17, 15) is 9.18 Å². The van der Waals surface area contributed by atoms with E-state index in [0.29, 0.717) is 42.9 Å². The van der Waals surface area contributed by atoms with Gasteiger partial charge in [0.25, 0.3) is 0 Å². The van der Waals surface area contributed by atoms with E-state index in [-0.39, 0.29) is 71.5 Å². The second kappa shape index (κ2) is 13.0. The van der Waals surface area contributed by atoms with Crippen LogP contribution >= 0.6 is 0 Å². The van der Waals surface area contributed by atoms with E-state index >= 15 is 8.78 Å². The third-order valence-corrected chi connectivity index (χ3v) is 11.5. The number of methoxy groups -OCH3 is 1. The highest BCUT2D eigenvalue weighted by Gasteiger charge is 2.52. The predicted octanol–water partition coefficient (Wildman–Crippen LogP) is 6.41. The molecule has 12 nitrogen and oxygen atoms in total. The fourth-order valence-corrected chi connectivity index (χ4v) is 9.31. The van der Waals surface area contributed by atoms with Gasteiger partial charge in [-0.15, -0.1) is 0 Å². The lowest BCUT2D eigenvalue weighted by Gasteiger charge is -2.46. The lowest BCUT2D eigenvalue weighted by Crippen LogP contribution is -2.63. The molecular formula is C39H43F3N6O6. The Morgan fingerprint density at radius 2 is 1.91 bits per heavy atom. The smallest absolute Gasteiger partial charge is 0.410 e. The molecule has 4 fully saturated rings. The molecule has 7 heterocycles. The van der Waals surface area contributed by atoms with Gasteiger partial charge in [-0.3, -0.25) is 9.80 Å². The van der Waals surface area contributed by atoms with E-state index in [1.165, 1.54) is 19.2 Å². The molecule has 0 radical (unpaired) electrons. The SMILES string of the molecule is COCOc1cc(-c2nc3c4c(nc(OC[C@]56CCCN5C[C@@H](F)C6)nc4c2F)N2C[C@H]4CC[C@@H]([C@@H]2CO3)N4C(=O)OC(C)(C)C)c2c(F)cccc2c1. The summed E-state index contributed by atoms with van der Waals surface area (Å²) in [6.07, 6.45) is 2.13. The van der Waals surface area contributed by atoms with Crippen molar-refractivity contribution < 1.29 is 41.7 Å². The number of alkyl halides is 1. The minimum absolute atomic E-state index is 0.0705. The van der Waals surface area contributed by atoms with Crippen LogP contribution in [0.15, 0.2) is 30.3 Å². The van der Waals surface area contributed by atoms with Gasteiger partial charge in [0, 0.05) is 37.6 Å². The number of rotatable bonds is 7. The monoisotopic (exact) mass is 748 g/mol. The van der Waals surface area contributed by atoms with Crippen LogP contribution < -0.4 is 19.1 Å². The number of carbonyl (C=O) groups is 1. The number of pyridine rings is 1. The number of nitrogens with zero attached hydrogens (tertiary/aromatic N) is 6. The molecule has 2 bridgehead atoms. The van der Waals surface area contributed by atoms with E-state index in [1.54, 1.807) is 18.2 Å². The van der Waals surface area contributed by atoms with Crippen LogP contribution in [0.25, 0.3) is 32.9 Å². The Morgan fingerprint density at radius 3 is 2.72 bits per heavy atom. The fraction of sp³-hybridized carbons (Fsp3) is 0.538. The molecule has 0 spiro atoms. The van der Waals surface area contributed by atoms with Crippen LogP contribution in [-0.4, -0.2) is 113 Å². The first-order chi connectivity index (χ1) is 25.9. The van der Waals surface area contributed by atoms with Crippen LogP contribution in [0.2, 0.25) is 0 Å². The van der Waals surface area contributed by atoms with Crippen molar-refractivity contribution in [3.8, 4) is 28.9 Å². The lowest BCUT2D eigenvalue weighted by atomic mass is 9.95. The van der Waals surface area contributed by atoms with E-state index in [1.807, 2.05) is 25.7 Å². The first-order valence-electron chi connectivity index (χ1n) is 18.6. The van der Waals surface area contributed by atoms with Crippen LogP contribution in [0.1, 0.15) is 52.9 Å². The quantitative estimate of drug-likeness (QED) is 0.196. The average Bonchev–Trinajstić information content (AvgIpc) is 3.73. The molecule has 2 aromatic carbocycles.